The van der Waals surface area contributed by atoms with Crippen LogP contribution in [0.4, 0.5) is 23.7 Å². The number of amides is 2. The van der Waals surface area contributed by atoms with E-state index in [1.807, 2.05) is 18.2 Å². The highest BCUT2D eigenvalue weighted by molar-refractivity contribution is 6.06. The lowest BCUT2D eigenvalue weighted by Gasteiger charge is -2.19. The first-order chi connectivity index (χ1) is 20.9. The number of allylic oxidation sites excluding steroid dienone is 2. The van der Waals surface area contributed by atoms with Gasteiger partial charge in [-0.15, -0.1) is 0 Å². The predicted molar refractivity (Wildman–Crippen MR) is 164 cm³/mol. The lowest BCUT2D eigenvalue weighted by molar-refractivity contribution is -0.137. The minimum absolute atomic E-state index is 0.200. The van der Waals surface area contributed by atoms with Gasteiger partial charge >= 0.3 is 12.3 Å². The van der Waals surface area contributed by atoms with Crippen molar-refractivity contribution < 1.29 is 32.2 Å². The number of halogens is 3. The maximum Gasteiger partial charge on any atom is 0.416 e. The Morgan fingerprint density at radius 2 is 1.59 bits per heavy atom. The van der Waals surface area contributed by atoms with Crippen molar-refractivity contribution in [3.63, 3.8) is 0 Å². The van der Waals surface area contributed by atoms with Crippen LogP contribution < -0.4 is 15.4 Å². The van der Waals surface area contributed by atoms with Crippen molar-refractivity contribution in [2.24, 2.45) is 0 Å². The van der Waals surface area contributed by atoms with E-state index in [1.165, 1.54) is 18.2 Å². The topological polar surface area (TPSA) is 89.5 Å². The van der Waals surface area contributed by atoms with Gasteiger partial charge in [-0.25, -0.2) is 4.79 Å². The fraction of sp³-hybridized carbons (Fsp3) is 0.206. The molecule has 7 nitrogen and oxygen atoms in total. The van der Waals surface area contributed by atoms with Crippen LogP contribution in [0.15, 0.2) is 103 Å². The second-order valence-corrected chi connectivity index (χ2v) is 10.7. The molecule has 0 aliphatic heterocycles. The smallest absolute Gasteiger partial charge is 0.416 e. The van der Waals surface area contributed by atoms with Crippen molar-refractivity contribution in [1.82, 2.24) is 10.3 Å². The summed E-state index contributed by atoms with van der Waals surface area (Å²) in [6.07, 6.45) is 2.90. The summed E-state index contributed by atoms with van der Waals surface area (Å²) in [7, 11) is 0. The molecule has 2 amide bonds. The molecule has 0 saturated heterocycles. The molecule has 0 aliphatic rings. The van der Waals surface area contributed by atoms with Gasteiger partial charge in [0.15, 0.2) is 0 Å². The average Bonchev–Trinajstić information content (AvgIpc) is 2.97. The lowest BCUT2D eigenvalue weighted by Crippen LogP contribution is -2.34. The molecule has 0 spiro atoms. The maximum atomic E-state index is 13.2. The Labute approximate surface area is 253 Å². The fourth-order valence-electron chi connectivity index (χ4n) is 4.20. The third kappa shape index (κ3) is 9.19. The maximum absolute atomic E-state index is 13.2. The zero-order valence-corrected chi connectivity index (χ0v) is 24.4. The quantitative estimate of drug-likeness (QED) is 0.116. The normalized spacial score (nSPS) is 12.3. The van der Waals surface area contributed by atoms with Crippen molar-refractivity contribution >= 4 is 34.0 Å². The van der Waals surface area contributed by atoms with Gasteiger partial charge in [0.2, 0.25) is 5.91 Å². The number of aromatic nitrogens is 1. The number of rotatable bonds is 9. The lowest BCUT2D eigenvalue weighted by atomic mass is 9.96. The number of nitrogens with zero attached hydrogens (tertiary/aromatic N) is 1. The summed E-state index contributed by atoms with van der Waals surface area (Å²) in [4.78, 5) is 28.6. The molecular weight excluding hydrogens is 571 g/mol. The van der Waals surface area contributed by atoms with E-state index in [1.54, 1.807) is 75.6 Å². The number of carbonyl (C=O) groups is 2. The molecule has 0 bridgehead atoms. The van der Waals surface area contributed by atoms with E-state index >= 15 is 0 Å². The van der Waals surface area contributed by atoms with Crippen molar-refractivity contribution in [1.29, 1.82) is 0 Å². The number of pyridine rings is 1. The summed E-state index contributed by atoms with van der Waals surface area (Å²) in [5.41, 5.74) is 1.08. The molecule has 0 aliphatic carbocycles. The van der Waals surface area contributed by atoms with E-state index in [4.69, 9.17) is 9.47 Å². The van der Waals surface area contributed by atoms with Crippen LogP contribution in [0, 0.1) is 0 Å². The molecule has 3 aromatic carbocycles. The predicted octanol–water partition coefficient (Wildman–Crippen LogP) is 7.78. The summed E-state index contributed by atoms with van der Waals surface area (Å²) in [6, 6.07) is 19.1. The van der Waals surface area contributed by atoms with Crippen LogP contribution in [-0.2, 0) is 15.7 Å². The third-order valence-corrected chi connectivity index (χ3v) is 6.18. The monoisotopic (exact) mass is 603 g/mol. The Morgan fingerprint density at radius 3 is 2.25 bits per heavy atom. The Bertz CT molecular complexity index is 1650. The number of ether oxygens (including phenoxy) is 2. The minimum Gasteiger partial charge on any atom is -0.492 e. The average molecular weight is 604 g/mol. The van der Waals surface area contributed by atoms with Gasteiger partial charge in [0.05, 0.1) is 12.1 Å². The molecule has 1 aromatic heterocycles. The van der Waals surface area contributed by atoms with Crippen LogP contribution in [-0.4, -0.2) is 35.7 Å². The molecular formula is C34H32F3N3O4. The molecule has 44 heavy (non-hydrogen) atoms. The first kappa shape index (κ1) is 31.8. The summed E-state index contributed by atoms with van der Waals surface area (Å²) >= 11 is 0. The van der Waals surface area contributed by atoms with E-state index in [0.717, 1.165) is 22.9 Å². The highest BCUT2D eigenvalue weighted by Gasteiger charge is 2.30. The number of alkyl halides is 3. The Balaban J connectivity index is 1.49. The Hall–Kier alpha value is -5.12. The van der Waals surface area contributed by atoms with Crippen molar-refractivity contribution in [3.8, 4) is 5.75 Å². The van der Waals surface area contributed by atoms with Crippen LogP contribution in [0.3, 0.4) is 0 Å². The second kappa shape index (κ2) is 13.9. The molecule has 0 atom stereocenters. The van der Waals surface area contributed by atoms with Gasteiger partial charge in [0, 0.05) is 34.9 Å². The van der Waals surface area contributed by atoms with E-state index in [2.05, 4.69) is 15.6 Å². The van der Waals surface area contributed by atoms with Gasteiger partial charge < -0.3 is 20.1 Å². The van der Waals surface area contributed by atoms with Crippen molar-refractivity contribution in [3.05, 3.63) is 120 Å². The first-order valence-corrected chi connectivity index (χ1v) is 13.8. The van der Waals surface area contributed by atoms with Gasteiger partial charge in [-0.2, -0.15) is 13.2 Å². The van der Waals surface area contributed by atoms with E-state index in [0.29, 0.717) is 28.1 Å². The fourth-order valence-corrected chi connectivity index (χ4v) is 4.20. The molecule has 4 rings (SSSR count). The van der Waals surface area contributed by atoms with Crippen LogP contribution in [0.25, 0.3) is 16.3 Å². The summed E-state index contributed by atoms with van der Waals surface area (Å²) in [5.74, 6) is 0.160. The van der Waals surface area contributed by atoms with Crippen LogP contribution in [0.2, 0.25) is 0 Å². The number of nitrogens with one attached hydrogen (secondary N) is 2. The third-order valence-electron chi connectivity index (χ3n) is 6.18. The molecule has 2 N–H and O–H groups in total. The molecule has 0 unspecified atom stereocenters. The molecule has 0 fully saturated rings. The van der Waals surface area contributed by atoms with Gasteiger partial charge in [-0.3, -0.25) is 9.78 Å². The van der Waals surface area contributed by atoms with Crippen molar-refractivity contribution in [2.45, 2.75) is 32.5 Å². The van der Waals surface area contributed by atoms with Crippen molar-refractivity contribution in [2.75, 3.05) is 18.5 Å². The summed E-state index contributed by atoms with van der Waals surface area (Å²) in [6.45, 7) is 5.74. The molecule has 228 valence electrons. The number of hydrogen-bond acceptors (Lipinski definition) is 5. The Morgan fingerprint density at radius 1 is 0.909 bits per heavy atom. The number of alkyl carbamates (subject to hydrolysis) is 1. The van der Waals surface area contributed by atoms with Crippen LogP contribution >= 0.6 is 0 Å². The molecule has 1 heterocycles. The number of anilines is 1. The molecule has 0 saturated carbocycles. The molecule has 10 heteroatoms. The highest BCUT2D eigenvalue weighted by atomic mass is 19.4. The van der Waals surface area contributed by atoms with E-state index < -0.39 is 23.4 Å². The van der Waals surface area contributed by atoms with Gasteiger partial charge in [-0.1, -0.05) is 48.6 Å². The summed E-state index contributed by atoms with van der Waals surface area (Å²) < 4.78 is 50.4. The van der Waals surface area contributed by atoms with Crippen LogP contribution in [0.5, 0.6) is 5.75 Å². The second-order valence-electron chi connectivity index (χ2n) is 10.7. The van der Waals surface area contributed by atoms with E-state index in [-0.39, 0.29) is 19.1 Å². The van der Waals surface area contributed by atoms with Crippen LogP contribution in [0.1, 0.15) is 37.5 Å². The number of hydrogen-bond donors (Lipinski definition) is 2. The van der Waals surface area contributed by atoms with Gasteiger partial charge in [0.1, 0.15) is 18.0 Å². The van der Waals surface area contributed by atoms with Gasteiger partial charge in [-0.05, 0) is 73.9 Å². The number of carbonyl (C=O) groups excluding carboxylic acids is 2. The number of fused-ring (bicyclic) bond motifs is 1. The molecule has 0 radical (unpaired) electrons. The first-order valence-electron chi connectivity index (χ1n) is 13.8. The minimum atomic E-state index is -4.46. The van der Waals surface area contributed by atoms with E-state index in [9.17, 15) is 22.8 Å². The van der Waals surface area contributed by atoms with Gasteiger partial charge in [0.25, 0.3) is 0 Å². The highest BCUT2D eigenvalue weighted by Crippen LogP contribution is 2.32. The number of benzene rings is 3. The zero-order valence-electron chi connectivity index (χ0n) is 24.4. The SMILES string of the molecule is CC(C)(C)OC(=O)NCCOc1ccc(C(=CC=CC(=O)Nc2cccc3cnccc23)c2ccc(C(F)(F)F)cc2)cc1. The standard InChI is InChI=1S/C34H32F3N3O4/c1-33(2,3)44-32(42)39-20-21-43-27-16-12-24(13-17-27)28(23-10-14-26(15-11-23)34(35,36)37)7-5-9-31(41)40-30-8-4-6-25-22-38-19-18-29(25)30/h4-19,22H,20-21H2,1-3H3,(H,39,42)(H,40,41). The molecule has 4 aromatic rings. The zero-order chi connectivity index (χ0) is 31.7. The largest absolute Gasteiger partial charge is 0.492 e. The summed E-state index contributed by atoms with van der Waals surface area (Å²) in [5, 5.41) is 7.19. The Kier molecular flexibility index (Phi) is 10.0.